The number of aliphatic carboxylic acids is 1. The molecule has 1 aliphatic heterocycles. The second-order valence-corrected chi connectivity index (χ2v) is 8.86. The number of alkyl halides is 3. The van der Waals surface area contributed by atoms with Crippen molar-refractivity contribution in [1.29, 1.82) is 0 Å². The number of nitrogens with one attached hydrogen (secondary N) is 1. The Hall–Kier alpha value is -4.16. The molecule has 0 saturated heterocycles. The van der Waals surface area contributed by atoms with Crippen molar-refractivity contribution in [2.75, 3.05) is 19.7 Å². The number of halogens is 4. The quantitative estimate of drug-likeness (QED) is 0.279. The van der Waals surface area contributed by atoms with Gasteiger partial charge in [0.25, 0.3) is 0 Å². The van der Waals surface area contributed by atoms with E-state index in [1.54, 1.807) is 12.1 Å². The Labute approximate surface area is 226 Å². The smallest absolute Gasteiger partial charge is 0.490 e. The summed E-state index contributed by atoms with van der Waals surface area (Å²) in [4.78, 5) is 19.9. The van der Waals surface area contributed by atoms with Crippen LogP contribution in [0.2, 0.25) is 0 Å². The van der Waals surface area contributed by atoms with E-state index >= 15 is 0 Å². The van der Waals surface area contributed by atoms with Crippen molar-refractivity contribution in [3.63, 3.8) is 0 Å². The second-order valence-electron chi connectivity index (χ2n) is 8.86. The third-order valence-electron chi connectivity index (χ3n) is 5.81. The van der Waals surface area contributed by atoms with Crippen LogP contribution in [-0.4, -0.2) is 65.3 Å². The molecule has 1 heterocycles. The number of aliphatic hydroxyl groups is 1. The number of aliphatic hydroxyl groups excluding tert-OH is 1. The molecule has 1 unspecified atom stereocenters. The first-order valence-corrected chi connectivity index (χ1v) is 12.1. The molecule has 0 saturated carbocycles. The number of carbonyl (C=O) groups is 2. The molecule has 0 aliphatic carbocycles. The third-order valence-corrected chi connectivity index (χ3v) is 5.81. The van der Waals surface area contributed by atoms with Gasteiger partial charge in [0, 0.05) is 13.1 Å². The van der Waals surface area contributed by atoms with Gasteiger partial charge in [-0.05, 0) is 78.1 Å². The van der Waals surface area contributed by atoms with Gasteiger partial charge in [0.15, 0.2) is 0 Å². The van der Waals surface area contributed by atoms with Gasteiger partial charge in [0.2, 0.25) is 0 Å². The molecule has 8 nitrogen and oxygen atoms in total. The molecule has 4 N–H and O–H groups in total. The highest BCUT2D eigenvalue weighted by Crippen LogP contribution is 2.32. The minimum absolute atomic E-state index is 0.00316. The lowest BCUT2D eigenvalue weighted by molar-refractivity contribution is -0.192. The molecule has 0 radical (unpaired) electrons. The average molecular weight is 566 g/mol. The molecule has 4 rings (SSSR count). The molecule has 0 spiro atoms. The Morgan fingerprint density at radius 1 is 1.00 bits per heavy atom. The topological polar surface area (TPSA) is 125 Å². The molecule has 40 heavy (non-hydrogen) atoms. The van der Waals surface area contributed by atoms with Gasteiger partial charge in [-0.15, -0.1) is 0 Å². The summed E-state index contributed by atoms with van der Waals surface area (Å²) in [7, 11) is 0. The number of carboxylic acid groups (broad SMARTS) is 2. The predicted octanol–water partition coefficient (Wildman–Crippen LogP) is 4.55. The zero-order valence-electron chi connectivity index (χ0n) is 21.0. The molecule has 12 heteroatoms. The van der Waals surface area contributed by atoms with Gasteiger partial charge >= 0.3 is 18.1 Å². The summed E-state index contributed by atoms with van der Waals surface area (Å²) in [5.41, 5.74) is 3.37. The maximum Gasteiger partial charge on any atom is 0.490 e. The molecule has 214 valence electrons. The molecule has 3 aromatic rings. The largest absolute Gasteiger partial charge is 0.491 e. The van der Waals surface area contributed by atoms with Gasteiger partial charge in [-0.2, -0.15) is 13.2 Å². The first-order valence-electron chi connectivity index (χ1n) is 12.1. The van der Waals surface area contributed by atoms with E-state index < -0.39 is 24.2 Å². The third kappa shape index (κ3) is 9.24. The van der Waals surface area contributed by atoms with Crippen LogP contribution in [0.5, 0.6) is 11.5 Å². The van der Waals surface area contributed by atoms with Crippen LogP contribution < -0.4 is 14.8 Å². The van der Waals surface area contributed by atoms with Crippen LogP contribution in [0.1, 0.15) is 22.3 Å². The lowest BCUT2D eigenvalue weighted by Gasteiger charge is -2.27. The van der Waals surface area contributed by atoms with E-state index in [4.69, 9.17) is 24.5 Å². The lowest BCUT2D eigenvalue weighted by atomic mass is 9.96. The molecule has 0 amide bonds. The molecule has 0 bridgehead atoms. The van der Waals surface area contributed by atoms with Crippen molar-refractivity contribution >= 4 is 11.9 Å². The summed E-state index contributed by atoms with van der Waals surface area (Å²) >= 11 is 0. The van der Waals surface area contributed by atoms with E-state index in [0.717, 1.165) is 35.3 Å². The minimum Gasteiger partial charge on any atom is -0.491 e. The first kappa shape index (κ1) is 30.4. The molecule has 2 atom stereocenters. The van der Waals surface area contributed by atoms with Crippen molar-refractivity contribution in [1.82, 2.24) is 5.32 Å². The highest BCUT2D eigenvalue weighted by Gasteiger charge is 2.38. The molecule has 0 fully saturated rings. The van der Waals surface area contributed by atoms with Crippen molar-refractivity contribution in [3.05, 3.63) is 83.7 Å². The zero-order chi connectivity index (χ0) is 29.3. The van der Waals surface area contributed by atoms with E-state index in [-0.39, 0.29) is 24.1 Å². The summed E-state index contributed by atoms with van der Waals surface area (Å²) in [5, 5.41) is 29.5. The van der Waals surface area contributed by atoms with Crippen LogP contribution in [0.25, 0.3) is 11.1 Å². The summed E-state index contributed by atoms with van der Waals surface area (Å²) in [6, 6.07) is 18.5. The van der Waals surface area contributed by atoms with Crippen LogP contribution in [0, 0.1) is 5.82 Å². The van der Waals surface area contributed by atoms with Crippen LogP contribution in [0.3, 0.4) is 0 Å². The monoisotopic (exact) mass is 565 g/mol. The number of hydrogen-bond acceptors (Lipinski definition) is 6. The second kappa shape index (κ2) is 13.8. The molecule has 0 aromatic heterocycles. The highest BCUT2D eigenvalue weighted by molar-refractivity contribution is 5.88. The fourth-order valence-electron chi connectivity index (χ4n) is 3.77. The molecular formula is C28H27F4NO7. The number of carboxylic acids is 2. The van der Waals surface area contributed by atoms with Crippen LogP contribution in [-0.2, 0) is 11.2 Å². The Morgan fingerprint density at radius 3 is 2.23 bits per heavy atom. The Kier molecular flexibility index (Phi) is 10.5. The summed E-state index contributed by atoms with van der Waals surface area (Å²) < 4.78 is 56.2. The Bertz CT molecular complexity index is 1280. The molecular weight excluding hydrogens is 538 g/mol. The van der Waals surface area contributed by atoms with Gasteiger partial charge in [-0.1, -0.05) is 18.2 Å². The average Bonchev–Trinajstić information content (AvgIpc) is 2.92. The number of rotatable bonds is 9. The van der Waals surface area contributed by atoms with Crippen molar-refractivity contribution in [2.24, 2.45) is 0 Å². The van der Waals surface area contributed by atoms with Gasteiger partial charge < -0.3 is 30.1 Å². The number of ether oxygens (including phenoxy) is 2. The maximum absolute atomic E-state index is 12.9. The minimum atomic E-state index is -5.08. The first-order chi connectivity index (χ1) is 18.9. The normalized spacial score (nSPS) is 15.1. The molecule has 1 aliphatic rings. The summed E-state index contributed by atoms with van der Waals surface area (Å²) in [6.07, 6.45) is -4.05. The van der Waals surface area contributed by atoms with Crippen LogP contribution >= 0.6 is 0 Å². The van der Waals surface area contributed by atoms with E-state index in [9.17, 15) is 27.5 Å². The predicted molar refractivity (Wildman–Crippen MR) is 136 cm³/mol. The SMILES string of the molecule is O=C(O)C(F)(F)F.O=C(O)c1ccc(-c2ccc3c(c2)CC[C@H](CNCC(O)COc2ccc(F)cc2)O3)cc1. The van der Waals surface area contributed by atoms with Crippen LogP contribution in [0.15, 0.2) is 66.7 Å². The fourth-order valence-corrected chi connectivity index (χ4v) is 3.77. The van der Waals surface area contributed by atoms with E-state index in [2.05, 4.69) is 11.4 Å². The fraction of sp³-hybridized carbons (Fsp3) is 0.286. The van der Waals surface area contributed by atoms with Gasteiger partial charge in [-0.3, -0.25) is 0 Å². The number of aromatic carboxylic acids is 1. The van der Waals surface area contributed by atoms with E-state index in [1.165, 1.54) is 24.3 Å². The van der Waals surface area contributed by atoms with Crippen molar-refractivity contribution < 1.29 is 51.9 Å². The standard InChI is InChI=1S/C26H26FNO5.C2HF3O2/c27-21-7-10-23(11-8-21)32-16-22(29)14-28-15-24-9-5-20-13-19(6-12-25(20)33-24)17-1-3-18(4-2-17)26(30)31;3-2(4,5)1(6)7/h1-4,6-8,10-13,22,24,28-29H,5,9,14-16H2,(H,30,31);(H,6,7)/t22?,24-;/m1./s1. The number of fused-ring (bicyclic) bond motifs is 1. The Balaban J connectivity index is 0.000000559. The van der Waals surface area contributed by atoms with E-state index in [1.807, 2.05) is 24.3 Å². The summed E-state index contributed by atoms with van der Waals surface area (Å²) in [5.74, 6) is -2.66. The van der Waals surface area contributed by atoms with Crippen LogP contribution in [0.4, 0.5) is 17.6 Å². The zero-order valence-corrected chi connectivity index (χ0v) is 21.0. The van der Waals surface area contributed by atoms with Gasteiger partial charge in [0.05, 0.1) is 5.56 Å². The van der Waals surface area contributed by atoms with Crippen molar-refractivity contribution in [2.45, 2.75) is 31.2 Å². The highest BCUT2D eigenvalue weighted by atomic mass is 19.4. The van der Waals surface area contributed by atoms with Crippen molar-refractivity contribution in [3.8, 4) is 22.6 Å². The van der Waals surface area contributed by atoms with Gasteiger partial charge in [-0.25, -0.2) is 14.0 Å². The number of hydrogen-bond donors (Lipinski definition) is 4. The van der Waals surface area contributed by atoms with Gasteiger partial charge in [0.1, 0.15) is 36.1 Å². The lowest BCUT2D eigenvalue weighted by Crippen LogP contribution is -2.39. The maximum atomic E-state index is 12.9. The number of aryl methyl sites for hydroxylation is 1. The Morgan fingerprint density at radius 2 is 1.62 bits per heavy atom. The number of benzene rings is 3. The van der Waals surface area contributed by atoms with E-state index in [0.29, 0.717) is 18.8 Å². The summed E-state index contributed by atoms with van der Waals surface area (Å²) in [6.45, 7) is 1.08. The molecule has 3 aromatic carbocycles.